The summed E-state index contributed by atoms with van der Waals surface area (Å²) in [4.78, 5) is 24.9. The number of carbonyl (C=O) groups is 1. The molecule has 1 aliphatic carbocycles. The van der Waals surface area contributed by atoms with Crippen molar-refractivity contribution in [3.63, 3.8) is 0 Å². The Morgan fingerprint density at radius 2 is 1.89 bits per heavy atom. The summed E-state index contributed by atoms with van der Waals surface area (Å²) in [5.74, 6) is 0.472. The van der Waals surface area contributed by atoms with Crippen molar-refractivity contribution in [1.29, 1.82) is 0 Å². The van der Waals surface area contributed by atoms with E-state index in [9.17, 15) is 9.59 Å². The molecule has 3 aromatic rings. The van der Waals surface area contributed by atoms with Crippen LogP contribution in [0.25, 0.3) is 10.8 Å². The number of benzene rings is 2. The molecule has 1 N–H and O–H groups in total. The average Bonchev–Trinajstić information content (AvgIpc) is 3.30. The molecule has 1 amide bonds. The number of anilines is 1. The van der Waals surface area contributed by atoms with E-state index < -0.39 is 5.79 Å². The normalized spacial score (nSPS) is 16.6. The minimum absolute atomic E-state index is 0.165. The fraction of sp³-hybridized carbons (Fsp3) is 0.286. The van der Waals surface area contributed by atoms with Gasteiger partial charge in [-0.25, -0.2) is 4.68 Å². The van der Waals surface area contributed by atoms with E-state index >= 15 is 0 Å². The smallest absolute Gasteiger partial charge is 0.275 e. The lowest BCUT2D eigenvalue weighted by Gasteiger charge is -2.21. The number of nitrogens with zero attached hydrogens (tertiary/aromatic N) is 2. The third-order valence-electron chi connectivity index (χ3n) is 5.24. The Labute approximate surface area is 160 Å². The van der Waals surface area contributed by atoms with Gasteiger partial charge in [-0.05, 0) is 31.0 Å². The molecule has 5 rings (SSSR count). The Balaban J connectivity index is 1.32. The third kappa shape index (κ3) is 2.89. The van der Waals surface area contributed by atoms with Gasteiger partial charge in [0.05, 0.1) is 11.6 Å². The molecule has 0 radical (unpaired) electrons. The summed E-state index contributed by atoms with van der Waals surface area (Å²) in [5, 5.41) is 8.18. The molecule has 1 aliphatic heterocycles. The number of hydrogen-bond donors (Lipinski definition) is 1. The van der Waals surface area contributed by atoms with Crippen molar-refractivity contribution in [2.24, 2.45) is 0 Å². The number of amides is 1. The molecule has 0 saturated heterocycles. The summed E-state index contributed by atoms with van der Waals surface area (Å²) < 4.78 is 13.2. The molecule has 142 valence electrons. The number of fused-ring (bicyclic) bond motifs is 2. The van der Waals surface area contributed by atoms with Crippen LogP contribution in [0.1, 0.15) is 25.7 Å². The number of carbonyl (C=O) groups excluding carboxylic acids is 1. The fourth-order valence-corrected chi connectivity index (χ4v) is 3.87. The third-order valence-corrected chi connectivity index (χ3v) is 5.24. The zero-order valence-corrected chi connectivity index (χ0v) is 15.2. The molecule has 7 nitrogen and oxygen atoms in total. The van der Waals surface area contributed by atoms with E-state index in [1.807, 2.05) is 12.1 Å². The maximum absolute atomic E-state index is 12.5. The fourth-order valence-electron chi connectivity index (χ4n) is 3.87. The first-order valence-electron chi connectivity index (χ1n) is 9.39. The summed E-state index contributed by atoms with van der Waals surface area (Å²) in [6, 6.07) is 12.5. The Morgan fingerprint density at radius 3 is 2.75 bits per heavy atom. The molecule has 0 bridgehead atoms. The first-order chi connectivity index (χ1) is 13.6. The Morgan fingerprint density at radius 1 is 1.11 bits per heavy atom. The van der Waals surface area contributed by atoms with Crippen LogP contribution in [0.15, 0.2) is 53.5 Å². The van der Waals surface area contributed by atoms with E-state index in [0.717, 1.165) is 35.8 Å². The molecule has 2 aromatic carbocycles. The van der Waals surface area contributed by atoms with Crippen LogP contribution in [0.2, 0.25) is 0 Å². The molecule has 1 aromatic heterocycles. The molecule has 28 heavy (non-hydrogen) atoms. The van der Waals surface area contributed by atoms with Crippen LogP contribution in [-0.4, -0.2) is 21.5 Å². The highest BCUT2D eigenvalue weighted by Crippen LogP contribution is 2.47. The van der Waals surface area contributed by atoms with E-state index in [0.29, 0.717) is 22.6 Å². The summed E-state index contributed by atoms with van der Waals surface area (Å²) in [6.45, 7) is -0.165. The first-order valence-corrected chi connectivity index (χ1v) is 9.39. The molecule has 1 spiro atoms. The number of rotatable bonds is 3. The van der Waals surface area contributed by atoms with Gasteiger partial charge in [0.2, 0.25) is 5.91 Å². The van der Waals surface area contributed by atoms with Crippen molar-refractivity contribution < 1.29 is 14.3 Å². The van der Waals surface area contributed by atoms with Gasteiger partial charge in [-0.2, -0.15) is 5.10 Å². The van der Waals surface area contributed by atoms with Crippen molar-refractivity contribution in [2.75, 3.05) is 5.32 Å². The van der Waals surface area contributed by atoms with Gasteiger partial charge in [0.1, 0.15) is 6.54 Å². The van der Waals surface area contributed by atoms with Gasteiger partial charge in [-0.3, -0.25) is 9.59 Å². The van der Waals surface area contributed by atoms with Gasteiger partial charge in [-0.15, -0.1) is 0 Å². The molecule has 0 unspecified atom stereocenters. The topological polar surface area (TPSA) is 82.5 Å². The van der Waals surface area contributed by atoms with Gasteiger partial charge < -0.3 is 14.8 Å². The zero-order valence-electron chi connectivity index (χ0n) is 15.2. The maximum atomic E-state index is 12.5. The number of hydrogen-bond acceptors (Lipinski definition) is 5. The Kier molecular flexibility index (Phi) is 3.82. The van der Waals surface area contributed by atoms with E-state index in [1.54, 1.807) is 36.5 Å². The minimum Gasteiger partial charge on any atom is -0.448 e. The van der Waals surface area contributed by atoms with Crippen molar-refractivity contribution in [2.45, 2.75) is 38.0 Å². The van der Waals surface area contributed by atoms with Crippen LogP contribution in [0, 0.1) is 0 Å². The predicted molar refractivity (Wildman–Crippen MR) is 104 cm³/mol. The minimum atomic E-state index is -0.534. The van der Waals surface area contributed by atoms with Crippen molar-refractivity contribution >= 4 is 22.4 Å². The van der Waals surface area contributed by atoms with Gasteiger partial charge in [0, 0.05) is 30.0 Å². The Hall–Kier alpha value is -3.35. The lowest BCUT2D eigenvalue weighted by molar-refractivity contribution is -0.117. The summed E-state index contributed by atoms with van der Waals surface area (Å²) in [6.07, 6.45) is 5.52. The number of ether oxygens (including phenoxy) is 2. The molecule has 1 fully saturated rings. The highest BCUT2D eigenvalue weighted by molar-refractivity contribution is 5.91. The highest BCUT2D eigenvalue weighted by Gasteiger charge is 2.44. The lowest BCUT2D eigenvalue weighted by Crippen LogP contribution is -2.34. The second-order valence-corrected chi connectivity index (χ2v) is 7.23. The summed E-state index contributed by atoms with van der Waals surface area (Å²) in [5.41, 5.74) is 0.304. The van der Waals surface area contributed by atoms with Crippen molar-refractivity contribution in [3.05, 3.63) is 59.0 Å². The van der Waals surface area contributed by atoms with E-state index in [1.165, 1.54) is 0 Å². The highest BCUT2D eigenvalue weighted by atomic mass is 16.7. The van der Waals surface area contributed by atoms with E-state index in [-0.39, 0.29) is 18.0 Å². The number of aromatic nitrogens is 2. The van der Waals surface area contributed by atoms with Crippen LogP contribution >= 0.6 is 0 Å². The van der Waals surface area contributed by atoms with Crippen molar-refractivity contribution in [3.8, 4) is 11.5 Å². The molecular formula is C21H19N3O4. The number of nitrogens with one attached hydrogen (secondary N) is 1. The van der Waals surface area contributed by atoms with Crippen LogP contribution in [0.5, 0.6) is 11.5 Å². The molecule has 2 heterocycles. The van der Waals surface area contributed by atoms with Crippen LogP contribution in [0.4, 0.5) is 5.69 Å². The molecule has 2 aliphatic rings. The van der Waals surface area contributed by atoms with E-state index in [4.69, 9.17) is 9.47 Å². The SMILES string of the molecule is O=C(Cn1ncc2ccccc2c1=O)Nc1ccc2c(c1)OC1(CCCC1)O2. The predicted octanol–water partition coefficient (Wildman–Crippen LogP) is 3.08. The van der Waals surface area contributed by atoms with Gasteiger partial charge in [0.15, 0.2) is 11.5 Å². The molecule has 7 heteroatoms. The summed E-state index contributed by atoms with van der Waals surface area (Å²) in [7, 11) is 0. The van der Waals surface area contributed by atoms with Crippen molar-refractivity contribution in [1.82, 2.24) is 9.78 Å². The lowest BCUT2D eigenvalue weighted by atomic mass is 10.2. The largest absolute Gasteiger partial charge is 0.448 e. The average molecular weight is 377 g/mol. The summed E-state index contributed by atoms with van der Waals surface area (Å²) >= 11 is 0. The van der Waals surface area contributed by atoms with E-state index in [2.05, 4.69) is 10.4 Å². The van der Waals surface area contributed by atoms with Gasteiger partial charge >= 0.3 is 0 Å². The first kappa shape index (κ1) is 16.8. The quantitative estimate of drug-likeness (QED) is 0.759. The molecular weight excluding hydrogens is 358 g/mol. The monoisotopic (exact) mass is 377 g/mol. The van der Waals surface area contributed by atoms with Gasteiger partial charge in [-0.1, -0.05) is 18.2 Å². The second kappa shape index (κ2) is 6.37. The van der Waals surface area contributed by atoms with Gasteiger partial charge in [0.25, 0.3) is 11.3 Å². The maximum Gasteiger partial charge on any atom is 0.275 e. The molecule has 0 atom stereocenters. The van der Waals surface area contributed by atoms with Crippen LogP contribution in [0.3, 0.4) is 0 Å². The van der Waals surface area contributed by atoms with Crippen LogP contribution in [-0.2, 0) is 11.3 Å². The molecule has 1 saturated carbocycles. The standard InChI is InChI=1S/C21H19N3O4/c25-19(13-24-20(26)16-6-2-1-5-14(16)12-22-24)23-15-7-8-17-18(11-15)28-21(27-17)9-3-4-10-21/h1-2,5-8,11-12H,3-4,9-10,13H2,(H,23,25). The Bertz CT molecular complexity index is 1130. The zero-order chi connectivity index (χ0) is 19.1. The van der Waals surface area contributed by atoms with Crippen LogP contribution < -0.4 is 20.3 Å². The second-order valence-electron chi connectivity index (χ2n) is 7.23.